The zero-order valence-corrected chi connectivity index (χ0v) is 15.1. The molecule has 0 saturated carbocycles. The molecule has 2 fully saturated rings. The number of amides is 1. The lowest BCUT2D eigenvalue weighted by molar-refractivity contribution is -0.151. The van der Waals surface area contributed by atoms with Crippen molar-refractivity contribution < 1.29 is 24.1 Å². The van der Waals surface area contributed by atoms with E-state index >= 15 is 0 Å². The first-order valence-corrected chi connectivity index (χ1v) is 9.24. The van der Waals surface area contributed by atoms with Crippen LogP contribution in [-0.2, 0) is 9.53 Å². The van der Waals surface area contributed by atoms with Gasteiger partial charge in [0.2, 0.25) is 5.91 Å². The molecule has 1 aromatic rings. The summed E-state index contributed by atoms with van der Waals surface area (Å²) in [4.78, 5) is 13.5. The highest BCUT2D eigenvalue weighted by atomic mass is 16.6. The van der Waals surface area contributed by atoms with E-state index in [0.29, 0.717) is 25.4 Å². The summed E-state index contributed by atoms with van der Waals surface area (Å²) < 4.78 is 17.5. The normalized spacial score (nSPS) is 26.4. The number of hydrogen-bond acceptors (Lipinski definition) is 6. The quantitative estimate of drug-likeness (QED) is 0.814. The SMILES string of the molecule is Cc1ccc2c(c1)OC(C(O)CN1CCC3(CC1)CNC(=O)CO3)CO2. The minimum atomic E-state index is -0.621. The van der Waals surface area contributed by atoms with Gasteiger partial charge in [0.05, 0.1) is 5.60 Å². The van der Waals surface area contributed by atoms with E-state index in [2.05, 4.69) is 10.2 Å². The van der Waals surface area contributed by atoms with E-state index < -0.39 is 6.10 Å². The van der Waals surface area contributed by atoms with Crippen molar-refractivity contribution in [1.29, 1.82) is 0 Å². The number of carbonyl (C=O) groups excluding carboxylic acids is 1. The summed E-state index contributed by atoms with van der Waals surface area (Å²) in [6.45, 7) is 5.28. The third-order valence-electron chi connectivity index (χ3n) is 5.54. The second-order valence-corrected chi connectivity index (χ2v) is 7.53. The van der Waals surface area contributed by atoms with Gasteiger partial charge >= 0.3 is 0 Å². The number of aliphatic hydroxyl groups excluding tert-OH is 1. The van der Waals surface area contributed by atoms with Gasteiger partial charge in [0.15, 0.2) is 17.6 Å². The molecule has 3 aliphatic rings. The fourth-order valence-corrected chi connectivity index (χ4v) is 3.81. The van der Waals surface area contributed by atoms with Crippen LogP contribution in [-0.4, -0.2) is 73.1 Å². The van der Waals surface area contributed by atoms with Crippen molar-refractivity contribution in [3.05, 3.63) is 23.8 Å². The summed E-state index contributed by atoms with van der Waals surface area (Å²) in [6.07, 6.45) is 0.712. The van der Waals surface area contributed by atoms with Crippen molar-refractivity contribution in [1.82, 2.24) is 10.2 Å². The highest BCUT2D eigenvalue weighted by Crippen LogP contribution is 2.33. The van der Waals surface area contributed by atoms with Gasteiger partial charge in [-0.3, -0.25) is 4.79 Å². The van der Waals surface area contributed by atoms with E-state index in [1.165, 1.54) is 0 Å². The maximum Gasteiger partial charge on any atom is 0.246 e. The molecule has 0 radical (unpaired) electrons. The van der Waals surface area contributed by atoms with Gasteiger partial charge in [0.25, 0.3) is 0 Å². The number of rotatable bonds is 3. The van der Waals surface area contributed by atoms with Gasteiger partial charge in [0.1, 0.15) is 19.3 Å². The predicted molar refractivity (Wildman–Crippen MR) is 94.5 cm³/mol. The third kappa shape index (κ3) is 3.65. The van der Waals surface area contributed by atoms with Crippen LogP contribution in [0.5, 0.6) is 11.5 Å². The number of ether oxygens (including phenoxy) is 3. The lowest BCUT2D eigenvalue weighted by Gasteiger charge is -2.44. The number of nitrogens with one attached hydrogen (secondary N) is 1. The first-order chi connectivity index (χ1) is 12.5. The average molecular weight is 362 g/mol. The predicted octanol–water partition coefficient (Wildman–Crippen LogP) is 0.477. The molecular weight excluding hydrogens is 336 g/mol. The van der Waals surface area contributed by atoms with E-state index in [4.69, 9.17) is 14.2 Å². The standard InChI is InChI=1S/C19H26N2O5/c1-13-2-3-15-16(8-13)26-17(10-24-15)14(22)9-21-6-4-19(5-7-21)12-20-18(23)11-25-19/h2-3,8,14,17,22H,4-7,9-12H2,1H3,(H,20,23). The molecule has 0 aliphatic carbocycles. The minimum Gasteiger partial charge on any atom is -0.486 e. The van der Waals surface area contributed by atoms with Crippen molar-refractivity contribution in [3.8, 4) is 11.5 Å². The number of aliphatic hydroxyl groups is 1. The van der Waals surface area contributed by atoms with Crippen LogP contribution in [0, 0.1) is 6.92 Å². The molecule has 26 heavy (non-hydrogen) atoms. The maximum absolute atomic E-state index is 11.3. The van der Waals surface area contributed by atoms with Crippen molar-refractivity contribution in [3.63, 3.8) is 0 Å². The number of β-amino-alcohol motifs (C(OH)–C–C–N with tert-alkyl or cyclic N) is 1. The molecule has 7 nitrogen and oxygen atoms in total. The molecule has 3 heterocycles. The van der Waals surface area contributed by atoms with E-state index in [1.54, 1.807) is 0 Å². The summed E-state index contributed by atoms with van der Waals surface area (Å²) in [5.41, 5.74) is 0.861. The van der Waals surface area contributed by atoms with Crippen molar-refractivity contribution >= 4 is 5.91 Å². The van der Waals surface area contributed by atoms with Crippen molar-refractivity contribution in [2.24, 2.45) is 0 Å². The Morgan fingerprint density at radius 1 is 1.35 bits per heavy atom. The van der Waals surface area contributed by atoms with Crippen LogP contribution in [0.25, 0.3) is 0 Å². The number of likely N-dealkylation sites (tertiary alicyclic amines) is 1. The number of aryl methyl sites for hydroxylation is 1. The zero-order chi connectivity index (χ0) is 18.1. The summed E-state index contributed by atoms with van der Waals surface area (Å²) in [7, 11) is 0. The van der Waals surface area contributed by atoms with Crippen LogP contribution < -0.4 is 14.8 Å². The van der Waals surface area contributed by atoms with Gasteiger partial charge in [0, 0.05) is 26.2 Å². The van der Waals surface area contributed by atoms with Gasteiger partial charge in [-0.15, -0.1) is 0 Å². The van der Waals surface area contributed by atoms with E-state index in [0.717, 1.165) is 37.2 Å². The molecule has 2 unspecified atom stereocenters. The monoisotopic (exact) mass is 362 g/mol. The van der Waals surface area contributed by atoms with Crippen LogP contribution >= 0.6 is 0 Å². The van der Waals surface area contributed by atoms with E-state index in [9.17, 15) is 9.90 Å². The van der Waals surface area contributed by atoms with Crippen LogP contribution in [0.4, 0.5) is 0 Å². The fourth-order valence-electron chi connectivity index (χ4n) is 3.81. The zero-order valence-electron chi connectivity index (χ0n) is 15.1. The summed E-state index contributed by atoms with van der Waals surface area (Å²) >= 11 is 0. The van der Waals surface area contributed by atoms with Crippen molar-refractivity contribution in [2.75, 3.05) is 39.4 Å². The lowest BCUT2D eigenvalue weighted by Crippen LogP contribution is -2.58. The van der Waals surface area contributed by atoms with Crippen molar-refractivity contribution in [2.45, 2.75) is 37.6 Å². The topological polar surface area (TPSA) is 80.3 Å². The molecule has 2 atom stereocenters. The number of carbonyl (C=O) groups is 1. The molecule has 1 spiro atoms. The van der Waals surface area contributed by atoms with Crippen LogP contribution in [0.2, 0.25) is 0 Å². The molecule has 2 saturated heterocycles. The molecule has 3 aliphatic heterocycles. The number of fused-ring (bicyclic) bond motifs is 1. The van der Waals surface area contributed by atoms with Gasteiger partial charge in [-0.05, 0) is 37.5 Å². The Labute approximate surface area is 153 Å². The Kier molecular flexibility index (Phi) is 4.77. The first kappa shape index (κ1) is 17.6. The molecule has 4 rings (SSSR count). The molecule has 0 bridgehead atoms. The summed E-state index contributed by atoms with van der Waals surface area (Å²) in [5.74, 6) is 1.39. The Hall–Kier alpha value is -1.83. The Morgan fingerprint density at radius 3 is 2.88 bits per heavy atom. The van der Waals surface area contributed by atoms with Gasteiger partial charge in [-0.25, -0.2) is 0 Å². The second-order valence-electron chi connectivity index (χ2n) is 7.53. The number of hydrogen-bond donors (Lipinski definition) is 2. The molecule has 0 aromatic heterocycles. The maximum atomic E-state index is 11.3. The molecule has 1 amide bonds. The van der Waals surface area contributed by atoms with Gasteiger partial charge < -0.3 is 29.5 Å². The number of morpholine rings is 1. The number of benzene rings is 1. The fraction of sp³-hybridized carbons (Fsp3) is 0.632. The average Bonchev–Trinajstić information content (AvgIpc) is 2.65. The van der Waals surface area contributed by atoms with E-state index in [-0.39, 0.29) is 24.2 Å². The summed E-state index contributed by atoms with van der Waals surface area (Å²) in [6, 6.07) is 5.83. The van der Waals surface area contributed by atoms with Crippen LogP contribution in [0.1, 0.15) is 18.4 Å². The Bertz CT molecular complexity index is 660. The third-order valence-corrected chi connectivity index (χ3v) is 5.54. The second kappa shape index (κ2) is 7.06. The van der Waals surface area contributed by atoms with Crippen LogP contribution in [0.15, 0.2) is 18.2 Å². The van der Waals surface area contributed by atoms with E-state index in [1.807, 2.05) is 25.1 Å². The lowest BCUT2D eigenvalue weighted by atomic mass is 9.89. The highest BCUT2D eigenvalue weighted by Gasteiger charge is 2.40. The largest absolute Gasteiger partial charge is 0.486 e. The molecule has 142 valence electrons. The Balaban J connectivity index is 1.29. The van der Waals surface area contributed by atoms with Gasteiger partial charge in [-0.2, -0.15) is 0 Å². The van der Waals surface area contributed by atoms with Gasteiger partial charge in [-0.1, -0.05) is 6.07 Å². The number of nitrogens with zero attached hydrogens (tertiary/aromatic N) is 1. The molecular formula is C19H26N2O5. The Morgan fingerprint density at radius 2 is 2.15 bits per heavy atom. The number of piperidine rings is 1. The highest BCUT2D eigenvalue weighted by molar-refractivity contribution is 5.78. The summed E-state index contributed by atoms with van der Waals surface area (Å²) in [5, 5.41) is 13.5. The first-order valence-electron chi connectivity index (χ1n) is 9.24. The minimum absolute atomic E-state index is 0.0431. The molecule has 1 aromatic carbocycles. The van der Waals surface area contributed by atoms with Crippen LogP contribution in [0.3, 0.4) is 0 Å². The molecule has 7 heteroatoms. The smallest absolute Gasteiger partial charge is 0.246 e. The molecule has 2 N–H and O–H groups in total.